The van der Waals surface area contributed by atoms with Crippen LogP contribution in [-0.2, 0) is 13.2 Å². The molecular formula is C10H15NO3. The Morgan fingerprint density at radius 3 is 2.29 bits per heavy atom. The highest BCUT2D eigenvalue weighted by Gasteiger charge is 2.09. The maximum absolute atomic E-state index is 9.11. The molecule has 14 heavy (non-hydrogen) atoms. The van der Waals surface area contributed by atoms with Crippen LogP contribution < -0.4 is 15.2 Å². The fourth-order valence-electron chi connectivity index (χ4n) is 1.37. The molecule has 4 nitrogen and oxygen atoms in total. The Morgan fingerprint density at radius 1 is 1.21 bits per heavy atom. The molecule has 0 fully saturated rings. The van der Waals surface area contributed by atoms with E-state index >= 15 is 0 Å². The van der Waals surface area contributed by atoms with Crippen molar-refractivity contribution in [2.24, 2.45) is 5.73 Å². The minimum atomic E-state index is -0.0899. The molecule has 4 heteroatoms. The standard InChI is InChI=1S/C10H15NO3/c1-13-9-3-7(5-11)10(14-2)8(4-9)6-12/h3-4,12H,5-6,11H2,1-2H3. The van der Waals surface area contributed by atoms with Crippen LogP contribution in [0.1, 0.15) is 11.1 Å². The fourth-order valence-corrected chi connectivity index (χ4v) is 1.37. The van der Waals surface area contributed by atoms with Gasteiger partial charge in [-0.1, -0.05) is 0 Å². The highest BCUT2D eigenvalue weighted by atomic mass is 16.5. The Hall–Kier alpha value is -1.26. The summed E-state index contributed by atoms with van der Waals surface area (Å²) >= 11 is 0. The summed E-state index contributed by atoms with van der Waals surface area (Å²) in [7, 11) is 3.13. The molecule has 3 N–H and O–H groups in total. The summed E-state index contributed by atoms with van der Waals surface area (Å²) < 4.78 is 10.2. The molecule has 1 rings (SSSR count). The van der Waals surface area contributed by atoms with E-state index in [-0.39, 0.29) is 6.61 Å². The van der Waals surface area contributed by atoms with Gasteiger partial charge in [0.25, 0.3) is 0 Å². The van der Waals surface area contributed by atoms with Gasteiger partial charge < -0.3 is 20.3 Å². The number of rotatable bonds is 4. The number of ether oxygens (including phenoxy) is 2. The van der Waals surface area contributed by atoms with E-state index in [2.05, 4.69) is 0 Å². The van der Waals surface area contributed by atoms with Crippen LogP contribution >= 0.6 is 0 Å². The molecule has 0 radical (unpaired) electrons. The van der Waals surface area contributed by atoms with E-state index in [1.165, 1.54) is 0 Å². The molecule has 0 saturated heterocycles. The zero-order chi connectivity index (χ0) is 10.6. The molecule has 0 aromatic heterocycles. The number of aliphatic hydroxyl groups excluding tert-OH is 1. The van der Waals surface area contributed by atoms with Gasteiger partial charge in [0.05, 0.1) is 20.8 Å². The molecule has 0 aliphatic rings. The van der Waals surface area contributed by atoms with E-state index in [4.69, 9.17) is 20.3 Å². The van der Waals surface area contributed by atoms with Crippen LogP contribution in [0.15, 0.2) is 12.1 Å². The van der Waals surface area contributed by atoms with E-state index in [0.717, 1.165) is 5.56 Å². The molecule has 78 valence electrons. The largest absolute Gasteiger partial charge is 0.497 e. The molecule has 0 spiro atoms. The summed E-state index contributed by atoms with van der Waals surface area (Å²) in [6.45, 7) is 0.265. The first-order chi connectivity index (χ1) is 6.76. The summed E-state index contributed by atoms with van der Waals surface area (Å²) in [5.41, 5.74) is 7.07. The monoisotopic (exact) mass is 197 g/mol. The fraction of sp³-hybridized carbons (Fsp3) is 0.400. The van der Waals surface area contributed by atoms with Crippen LogP contribution in [0.25, 0.3) is 0 Å². The zero-order valence-corrected chi connectivity index (χ0v) is 8.41. The Kier molecular flexibility index (Phi) is 3.73. The van der Waals surface area contributed by atoms with Crippen molar-refractivity contribution in [3.8, 4) is 11.5 Å². The van der Waals surface area contributed by atoms with Gasteiger partial charge in [0.1, 0.15) is 11.5 Å². The summed E-state index contributed by atoms with van der Waals surface area (Å²) in [4.78, 5) is 0. The molecular weight excluding hydrogens is 182 g/mol. The number of hydrogen-bond acceptors (Lipinski definition) is 4. The van der Waals surface area contributed by atoms with E-state index in [1.54, 1.807) is 26.4 Å². The van der Waals surface area contributed by atoms with Crippen molar-refractivity contribution < 1.29 is 14.6 Å². The quantitative estimate of drug-likeness (QED) is 0.744. The van der Waals surface area contributed by atoms with Crippen LogP contribution in [0.3, 0.4) is 0 Å². The average molecular weight is 197 g/mol. The molecule has 0 heterocycles. The van der Waals surface area contributed by atoms with Gasteiger partial charge in [0, 0.05) is 17.7 Å². The van der Waals surface area contributed by atoms with Gasteiger partial charge in [-0.2, -0.15) is 0 Å². The van der Waals surface area contributed by atoms with Crippen LogP contribution in [0.5, 0.6) is 11.5 Å². The van der Waals surface area contributed by atoms with E-state index < -0.39 is 0 Å². The first-order valence-electron chi connectivity index (χ1n) is 4.31. The van der Waals surface area contributed by atoms with Gasteiger partial charge in [0.15, 0.2) is 0 Å². The zero-order valence-electron chi connectivity index (χ0n) is 8.41. The Bertz CT molecular complexity index is 287. The molecule has 0 saturated carbocycles. The second-order valence-electron chi connectivity index (χ2n) is 2.84. The van der Waals surface area contributed by atoms with E-state index in [9.17, 15) is 0 Å². The third-order valence-electron chi connectivity index (χ3n) is 2.05. The minimum absolute atomic E-state index is 0.0899. The van der Waals surface area contributed by atoms with Crippen molar-refractivity contribution in [1.82, 2.24) is 0 Å². The predicted octanol–water partition coefficient (Wildman–Crippen LogP) is 0.655. The molecule has 1 aromatic carbocycles. The van der Waals surface area contributed by atoms with Gasteiger partial charge >= 0.3 is 0 Å². The minimum Gasteiger partial charge on any atom is -0.497 e. The number of nitrogens with two attached hydrogens (primary N) is 1. The van der Waals surface area contributed by atoms with Crippen LogP contribution in [0, 0.1) is 0 Å². The highest BCUT2D eigenvalue weighted by Crippen LogP contribution is 2.28. The van der Waals surface area contributed by atoms with Gasteiger partial charge in [-0.25, -0.2) is 0 Å². The normalized spacial score (nSPS) is 10.0. The lowest BCUT2D eigenvalue weighted by Gasteiger charge is -2.13. The van der Waals surface area contributed by atoms with Gasteiger partial charge in [-0.3, -0.25) is 0 Å². The Labute approximate surface area is 83.3 Å². The first-order valence-corrected chi connectivity index (χ1v) is 4.31. The maximum atomic E-state index is 9.11. The van der Waals surface area contributed by atoms with Crippen molar-refractivity contribution in [2.45, 2.75) is 13.2 Å². The average Bonchev–Trinajstić information content (AvgIpc) is 2.26. The van der Waals surface area contributed by atoms with Gasteiger partial charge in [0.2, 0.25) is 0 Å². The van der Waals surface area contributed by atoms with Crippen LogP contribution in [-0.4, -0.2) is 19.3 Å². The van der Waals surface area contributed by atoms with Crippen molar-refractivity contribution in [2.75, 3.05) is 14.2 Å². The third kappa shape index (κ3) is 1.97. The lowest BCUT2D eigenvalue weighted by atomic mass is 10.1. The lowest BCUT2D eigenvalue weighted by Crippen LogP contribution is -2.03. The smallest absolute Gasteiger partial charge is 0.129 e. The van der Waals surface area contributed by atoms with Crippen LogP contribution in [0.4, 0.5) is 0 Å². The molecule has 0 bridgehead atoms. The lowest BCUT2D eigenvalue weighted by molar-refractivity contribution is 0.272. The second kappa shape index (κ2) is 4.83. The summed E-state index contributed by atoms with van der Waals surface area (Å²) in [5, 5.41) is 9.11. The summed E-state index contributed by atoms with van der Waals surface area (Å²) in [6.07, 6.45) is 0. The maximum Gasteiger partial charge on any atom is 0.129 e. The first kappa shape index (κ1) is 10.8. The van der Waals surface area contributed by atoms with Crippen molar-refractivity contribution in [1.29, 1.82) is 0 Å². The van der Waals surface area contributed by atoms with E-state index in [0.29, 0.717) is 23.6 Å². The second-order valence-corrected chi connectivity index (χ2v) is 2.84. The van der Waals surface area contributed by atoms with Gasteiger partial charge in [-0.05, 0) is 12.1 Å². The van der Waals surface area contributed by atoms with Crippen molar-refractivity contribution in [3.05, 3.63) is 23.3 Å². The number of benzene rings is 1. The molecule has 0 aliphatic carbocycles. The number of aliphatic hydroxyl groups is 1. The van der Waals surface area contributed by atoms with E-state index in [1.807, 2.05) is 0 Å². The van der Waals surface area contributed by atoms with Crippen molar-refractivity contribution in [3.63, 3.8) is 0 Å². The Balaban J connectivity index is 3.24. The summed E-state index contributed by atoms with van der Waals surface area (Å²) in [5.74, 6) is 1.31. The molecule has 0 atom stereocenters. The highest BCUT2D eigenvalue weighted by molar-refractivity contribution is 5.47. The van der Waals surface area contributed by atoms with Gasteiger partial charge in [-0.15, -0.1) is 0 Å². The molecule has 0 unspecified atom stereocenters. The topological polar surface area (TPSA) is 64.7 Å². The summed E-state index contributed by atoms with van der Waals surface area (Å²) in [6, 6.07) is 3.54. The number of methoxy groups -OCH3 is 2. The van der Waals surface area contributed by atoms with Crippen molar-refractivity contribution >= 4 is 0 Å². The third-order valence-corrected chi connectivity index (χ3v) is 2.05. The molecule has 1 aromatic rings. The molecule has 0 aliphatic heterocycles. The molecule has 0 amide bonds. The predicted molar refractivity (Wildman–Crippen MR) is 53.4 cm³/mol. The Morgan fingerprint density at radius 2 is 1.86 bits per heavy atom. The number of hydrogen-bond donors (Lipinski definition) is 2. The van der Waals surface area contributed by atoms with Crippen LogP contribution in [0.2, 0.25) is 0 Å². The SMILES string of the molecule is COc1cc(CN)c(OC)c(CO)c1.